The second kappa shape index (κ2) is 17.8. The Labute approximate surface area is 236 Å². The molecule has 3 N–H and O–H groups in total. The molecule has 41 heavy (non-hydrogen) atoms. The van der Waals surface area contributed by atoms with Crippen LogP contribution in [0.4, 0.5) is 13.2 Å². The van der Waals surface area contributed by atoms with Gasteiger partial charge in [-0.25, -0.2) is 0 Å². The smallest absolute Gasteiger partial charge is 0.416 e. The van der Waals surface area contributed by atoms with Gasteiger partial charge in [0.2, 0.25) is 0 Å². The molecule has 0 heterocycles. The van der Waals surface area contributed by atoms with Gasteiger partial charge in [-0.3, -0.25) is 4.79 Å². The van der Waals surface area contributed by atoms with Gasteiger partial charge in [-0.1, -0.05) is 18.2 Å². The fraction of sp³-hybridized carbons (Fsp3) is 0.667. The number of benzene rings is 1. The molecule has 0 amide bonds. The Bertz CT molecular complexity index is 962. The lowest BCUT2D eigenvalue weighted by atomic mass is 9.86. The summed E-state index contributed by atoms with van der Waals surface area (Å²) < 4.78 is 53.9. The number of carbonyl (C=O) groups is 1. The minimum absolute atomic E-state index is 0.00145. The Hall–Kier alpha value is -2.94. The number of allylic oxidation sites excluding steroid dienone is 2. The van der Waals surface area contributed by atoms with E-state index in [-0.39, 0.29) is 69.9 Å². The first kappa shape index (κ1) is 34.3. The summed E-state index contributed by atoms with van der Waals surface area (Å²) >= 11 is 0. The number of alkyl halides is 3. The van der Waals surface area contributed by atoms with Crippen molar-refractivity contribution in [3.8, 4) is 5.75 Å². The van der Waals surface area contributed by atoms with Crippen molar-refractivity contribution < 1.29 is 57.4 Å². The van der Waals surface area contributed by atoms with Gasteiger partial charge in [-0.05, 0) is 68.6 Å². The van der Waals surface area contributed by atoms with Crippen LogP contribution in [0.15, 0.2) is 36.4 Å². The fourth-order valence-corrected chi connectivity index (χ4v) is 4.62. The first-order valence-corrected chi connectivity index (χ1v) is 13.5. The Kier molecular flexibility index (Phi) is 14.9. The molecule has 1 aliphatic rings. The predicted octanol–water partition coefficient (Wildman–Crippen LogP) is 3.47. The summed E-state index contributed by atoms with van der Waals surface area (Å²) in [6.07, 6.45) is -0.408. The summed E-state index contributed by atoms with van der Waals surface area (Å²) in [6.45, 7) is -0.263. The number of esters is 1. The van der Waals surface area contributed by atoms with Crippen molar-refractivity contribution in [3.63, 3.8) is 0 Å². The van der Waals surface area contributed by atoms with E-state index in [1.807, 2.05) is 12.2 Å². The lowest BCUT2D eigenvalue weighted by molar-refractivity contribution is -0.758. The monoisotopic (exact) mass is 593 g/mol. The molecule has 0 aliphatic heterocycles. The summed E-state index contributed by atoms with van der Waals surface area (Å²) in [5.41, 5.74) is -0.842. The van der Waals surface area contributed by atoms with E-state index < -0.39 is 41.1 Å². The Morgan fingerprint density at radius 1 is 1.12 bits per heavy atom. The highest BCUT2D eigenvalue weighted by Crippen LogP contribution is 2.38. The van der Waals surface area contributed by atoms with Gasteiger partial charge in [0.15, 0.2) is 0 Å². The van der Waals surface area contributed by atoms with Crippen LogP contribution in [0.25, 0.3) is 0 Å². The van der Waals surface area contributed by atoms with Gasteiger partial charge in [0.25, 0.3) is 5.09 Å². The summed E-state index contributed by atoms with van der Waals surface area (Å²) in [4.78, 5) is 25.8. The molecule has 0 bridgehead atoms. The molecule has 0 aromatic heterocycles. The maximum atomic E-state index is 12.9. The SMILES string of the molecule is O=C(CCC/C=C\C[C@@H]1[C@@H](CC[C@@H](O)COc2cccc(C(F)(F)F)c2)[C@H](O)C[C@@H]1O)OCCOCCO[N+](=O)[O-]. The number of rotatable bonds is 19. The minimum atomic E-state index is -4.50. The molecule has 0 unspecified atom stereocenters. The first-order chi connectivity index (χ1) is 19.5. The molecule has 0 radical (unpaired) electrons. The van der Waals surface area contributed by atoms with Crippen LogP contribution < -0.4 is 4.74 Å². The molecular formula is C27H38F3NO10. The van der Waals surface area contributed by atoms with Gasteiger partial charge in [-0.2, -0.15) is 13.2 Å². The number of unbranched alkanes of at least 4 members (excludes halogenated alkanes) is 1. The molecular weight excluding hydrogens is 555 g/mol. The second-order valence-electron chi connectivity index (χ2n) is 9.75. The zero-order valence-corrected chi connectivity index (χ0v) is 22.6. The second-order valence-corrected chi connectivity index (χ2v) is 9.75. The van der Waals surface area contributed by atoms with Crippen molar-refractivity contribution in [2.24, 2.45) is 11.8 Å². The largest absolute Gasteiger partial charge is 0.491 e. The van der Waals surface area contributed by atoms with Crippen LogP contribution in [0.2, 0.25) is 0 Å². The molecule has 1 aromatic carbocycles. The van der Waals surface area contributed by atoms with Crippen LogP contribution in [-0.4, -0.2) is 77.7 Å². The normalized spacial score (nSPS) is 21.6. The number of nitrogens with zero attached hydrogens (tertiary/aromatic N) is 1. The lowest BCUT2D eigenvalue weighted by Crippen LogP contribution is -2.25. The Morgan fingerprint density at radius 2 is 1.85 bits per heavy atom. The van der Waals surface area contributed by atoms with E-state index in [9.17, 15) is 43.4 Å². The number of aliphatic hydroxyl groups excluding tert-OH is 3. The summed E-state index contributed by atoms with van der Waals surface area (Å²) in [5.74, 6) is -0.883. The van der Waals surface area contributed by atoms with E-state index in [0.29, 0.717) is 25.7 Å². The van der Waals surface area contributed by atoms with Gasteiger partial charge in [-0.15, -0.1) is 10.1 Å². The Balaban J connectivity index is 1.63. The number of aliphatic hydroxyl groups is 3. The molecule has 2 rings (SSSR count). The first-order valence-electron chi connectivity index (χ1n) is 13.5. The van der Waals surface area contributed by atoms with Crippen molar-refractivity contribution in [1.29, 1.82) is 0 Å². The highest BCUT2D eigenvalue weighted by atomic mass is 19.4. The van der Waals surface area contributed by atoms with Crippen molar-refractivity contribution in [2.45, 2.75) is 69.4 Å². The van der Waals surface area contributed by atoms with Gasteiger partial charge in [0.05, 0.1) is 37.1 Å². The molecule has 0 saturated heterocycles. The predicted molar refractivity (Wildman–Crippen MR) is 138 cm³/mol. The van der Waals surface area contributed by atoms with Crippen molar-refractivity contribution >= 4 is 5.97 Å². The molecule has 1 saturated carbocycles. The molecule has 1 aromatic rings. The number of halogens is 3. The average Bonchev–Trinajstić information content (AvgIpc) is 3.18. The van der Waals surface area contributed by atoms with Crippen molar-refractivity contribution in [1.82, 2.24) is 0 Å². The summed E-state index contributed by atoms with van der Waals surface area (Å²) in [7, 11) is 0. The maximum absolute atomic E-state index is 12.9. The van der Waals surface area contributed by atoms with E-state index in [2.05, 4.69) is 4.84 Å². The zero-order valence-electron chi connectivity index (χ0n) is 22.6. The summed E-state index contributed by atoms with van der Waals surface area (Å²) in [5, 5.41) is 40.2. The van der Waals surface area contributed by atoms with Crippen LogP contribution in [0.3, 0.4) is 0 Å². The summed E-state index contributed by atoms with van der Waals surface area (Å²) in [6, 6.07) is 4.41. The van der Waals surface area contributed by atoms with E-state index in [1.54, 1.807) is 0 Å². The van der Waals surface area contributed by atoms with E-state index in [1.165, 1.54) is 12.1 Å². The van der Waals surface area contributed by atoms with Crippen LogP contribution in [0.5, 0.6) is 5.75 Å². The standard InChI is InChI=1S/C27H38F3NO10/c28-27(29,30)19-6-5-7-21(16-19)40-18-20(32)10-11-23-22(24(33)17-25(23)34)8-3-1-2-4-9-26(35)39-14-12-38-13-15-41-31(36)37/h1,3,5-7,16,20,22-25,32-34H,2,4,8-15,17-18H2/b3-1-/t20-,22-,23-,24+,25-/m1/s1. The molecule has 0 spiro atoms. The fourth-order valence-electron chi connectivity index (χ4n) is 4.62. The van der Waals surface area contributed by atoms with E-state index >= 15 is 0 Å². The third-order valence-electron chi connectivity index (χ3n) is 6.70. The number of hydrogen-bond acceptors (Lipinski definition) is 10. The van der Waals surface area contributed by atoms with Crippen molar-refractivity contribution in [3.05, 3.63) is 52.1 Å². The topological polar surface area (TPSA) is 158 Å². The molecule has 232 valence electrons. The maximum Gasteiger partial charge on any atom is 0.416 e. The number of carbonyl (C=O) groups excluding carboxylic acids is 1. The van der Waals surface area contributed by atoms with Gasteiger partial charge >= 0.3 is 12.1 Å². The molecule has 11 nitrogen and oxygen atoms in total. The van der Waals surface area contributed by atoms with E-state index in [4.69, 9.17) is 14.2 Å². The van der Waals surface area contributed by atoms with Crippen LogP contribution in [0, 0.1) is 22.0 Å². The highest BCUT2D eigenvalue weighted by molar-refractivity contribution is 5.69. The molecule has 5 atom stereocenters. The third-order valence-corrected chi connectivity index (χ3v) is 6.70. The van der Waals surface area contributed by atoms with Gasteiger partial charge < -0.3 is 34.4 Å². The Morgan fingerprint density at radius 3 is 2.59 bits per heavy atom. The zero-order chi connectivity index (χ0) is 30.3. The van der Waals surface area contributed by atoms with Crippen molar-refractivity contribution in [2.75, 3.05) is 33.0 Å². The minimum Gasteiger partial charge on any atom is -0.491 e. The molecule has 1 aliphatic carbocycles. The number of ether oxygens (including phenoxy) is 3. The van der Waals surface area contributed by atoms with Crippen LogP contribution in [-0.2, 0) is 25.3 Å². The lowest BCUT2D eigenvalue weighted by Gasteiger charge is -2.23. The third kappa shape index (κ3) is 13.5. The van der Waals surface area contributed by atoms with Gasteiger partial charge in [0.1, 0.15) is 25.6 Å². The number of hydrogen-bond donors (Lipinski definition) is 3. The van der Waals surface area contributed by atoms with Crippen LogP contribution in [0.1, 0.15) is 50.5 Å². The highest BCUT2D eigenvalue weighted by Gasteiger charge is 2.40. The average molecular weight is 594 g/mol. The molecule has 14 heteroatoms. The van der Waals surface area contributed by atoms with Gasteiger partial charge in [0, 0.05) is 6.42 Å². The van der Waals surface area contributed by atoms with Crippen LogP contribution >= 0.6 is 0 Å². The molecule has 1 fully saturated rings. The van der Waals surface area contributed by atoms with E-state index in [0.717, 1.165) is 12.1 Å². The quantitative estimate of drug-likeness (QED) is 0.0713.